The summed E-state index contributed by atoms with van der Waals surface area (Å²) in [6.45, 7) is 12.1. The van der Waals surface area contributed by atoms with E-state index in [4.69, 9.17) is 18.9 Å². The molecular weight excluding hydrogens is 558 g/mol. The third-order valence-electron chi connectivity index (χ3n) is 12.0. The van der Waals surface area contributed by atoms with Crippen LogP contribution in [-0.2, 0) is 28.5 Å². The second kappa shape index (κ2) is 13.2. The maximum atomic E-state index is 14.2. The molecule has 5 rings (SSSR count). The number of ketones is 1. The summed E-state index contributed by atoms with van der Waals surface area (Å²) in [4.78, 5) is 35.1. The van der Waals surface area contributed by atoms with Gasteiger partial charge in [-0.05, 0) is 112 Å². The second-order valence-electron chi connectivity index (χ2n) is 16.2. The number of ether oxygens (including phenoxy) is 4. The van der Waals surface area contributed by atoms with Crippen LogP contribution in [0.5, 0.6) is 0 Å². The predicted molar refractivity (Wildman–Crippen MR) is 170 cm³/mol. The molecule has 9 atom stereocenters. The fourth-order valence-corrected chi connectivity index (χ4v) is 9.09. The summed E-state index contributed by atoms with van der Waals surface area (Å²) in [5.74, 6) is 0.532. The van der Waals surface area contributed by atoms with Gasteiger partial charge < -0.3 is 28.7 Å². The molecule has 0 amide bonds. The van der Waals surface area contributed by atoms with E-state index in [1.54, 1.807) is 21.0 Å². The number of Topliss-reactive ketones (excluding diaryl/α,β-unsaturated/α-hetero) is 1. The van der Waals surface area contributed by atoms with Crippen molar-refractivity contribution in [2.24, 2.45) is 35.0 Å². The summed E-state index contributed by atoms with van der Waals surface area (Å²) in [6.07, 6.45) is 6.48. The molecule has 3 heterocycles. The van der Waals surface area contributed by atoms with Crippen LogP contribution in [-0.4, -0.2) is 124 Å². The van der Waals surface area contributed by atoms with Crippen molar-refractivity contribution in [2.75, 3.05) is 55.0 Å². The lowest BCUT2D eigenvalue weighted by Crippen LogP contribution is -2.65. The molecule has 0 N–H and O–H groups in total. The first-order valence-corrected chi connectivity index (χ1v) is 17.3. The zero-order valence-electron chi connectivity index (χ0n) is 29.2. The fraction of sp³-hybridized carbons (Fsp3) is 0.943. The number of hydrogen-bond acceptors (Lipinski definition) is 9. The highest BCUT2D eigenvalue weighted by atomic mass is 16.7. The Morgan fingerprint density at radius 2 is 1.68 bits per heavy atom. The predicted octanol–water partition coefficient (Wildman–Crippen LogP) is 4.08. The molecule has 5 fully saturated rings. The Balaban J connectivity index is 1.42. The van der Waals surface area contributed by atoms with Crippen LogP contribution < -0.4 is 0 Å². The van der Waals surface area contributed by atoms with E-state index in [2.05, 4.69) is 56.7 Å². The van der Waals surface area contributed by atoms with Crippen molar-refractivity contribution >= 4 is 11.8 Å². The SMILES string of the molecule is CO[C@]12C[C@@H](C)CN(C)[C@H](C3CC(N(C)CC4CC4)C3)COC(=O)C(C)(C)C(=O)[C@H](C)[C@H]1O[C@@H]1O[C@H](C)C[C@H](N(C)C)[C@H]1C2. The first-order valence-electron chi connectivity index (χ1n) is 17.3. The van der Waals surface area contributed by atoms with Gasteiger partial charge in [0.25, 0.3) is 0 Å². The number of fused-ring (bicyclic) bond motifs is 2. The molecule has 3 saturated heterocycles. The standard InChI is InChI=1S/C35H61N3O6/c1-21-16-35(41-10)17-27-28(36(6)7)13-22(2)43-32(27)44-31(35)23(3)30(39)34(4,5)33(40)42-20-29(38(9)18-21)25-14-26(15-25)37(8)19-24-11-12-24/h21-29,31-32H,11-20H2,1-10H3/t21-,22-,23+,25?,26?,27-,28+,29+,31-,32+,35+/m1/s1. The lowest BCUT2D eigenvalue weighted by Gasteiger charge is -2.56. The molecule has 3 aliphatic heterocycles. The Hall–Kier alpha value is -1.10. The normalized spacial score (nSPS) is 44.1. The van der Waals surface area contributed by atoms with Crippen molar-refractivity contribution in [3.8, 4) is 0 Å². The number of nitrogens with zero attached hydrogens (tertiary/aromatic N) is 3. The number of cyclic esters (lactones) is 1. The molecule has 0 unspecified atom stereocenters. The van der Waals surface area contributed by atoms with E-state index >= 15 is 0 Å². The number of rotatable bonds is 6. The minimum absolute atomic E-state index is 0.0509. The van der Waals surface area contributed by atoms with Crippen LogP contribution in [0.15, 0.2) is 0 Å². The van der Waals surface area contributed by atoms with Gasteiger partial charge in [0.2, 0.25) is 0 Å². The average molecular weight is 620 g/mol. The topological polar surface area (TPSA) is 80.8 Å². The van der Waals surface area contributed by atoms with Gasteiger partial charge in [-0.3, -0.25) is 14.5 Å². The molecule has 2 saturated carbocycles. The maximum Gasteiger partial charge on any atom is 0.319 e. The van der Waals surface area contributed by atoms with Gasteiger partial charge in [0.1, 0.15) is 12.0 Å². The number of carbonyl (C=O) groups is 2. The number of likely N-dealkylation sites (N-methyl/N-ethyl adjacent to an activating group) is 1. The van der Waals surface area contributed by atoms with E-state index in [-0.39, 0.29) is 35.8 Å². The average Bonchev–Trinajstić information content (AvgIpc) is 3.75. The third kappa shape index (κ3) is 6.79. The van der Waals surface area contributed by atoms with E-state index in [1.807, 2.05) is 6.92 Å². The number of methoxy groups -OCH3 is 1. The van der Waals surface area contributed by atoms with Gasteiger partial charge >= 0.3 is 5.97 Å². The Labute approximate surface area is 266 Å². The van der Waals surface area contributed by atoms with Crippen molar-refractivity contribution in [3.05, 3.63) is 0 Å². The highest BCUT2D eigenvalue weighted by Gasteiger charge is 2.58. The van der Waals surface area contributed by atoms with E-state index in [0.717, 1.165) is 44.6 Å². The van der Waals surface area contributed by atoms with Gasteiger partial charge in [-0.1, -0.05) is 13.8 Å². The van der Waals surface area contributed by atoms with Crippen LogP contribution in [0.3, 0.4) is 0 Å². The lowest BCUT2D eigenvalue weighted by atomic mass is 9.67. The van der Waals surface area contributed by atoms with Crippen molar-refractivity contribution in [3.63, 3.8) is 0 Å². The lowest BCUT2D eigenvalue weighted by molar-refractivity contribution is -0.325. The third-order valence-corrected chi connectivity index (χ3v) is 12.0. The summed E-state index contributed by atoms with van der Waals surface area (Å²) in [5, 5.41) is 0. The molecule has 0 spiro atoms. The molecule has 9 heteroatoms. The zero-order chi connectivity index (χ0) is 32.1. The number of hydrogen-bond donors (Lipinski definition) is 0. The molecule has 0 radical (unpaired) electrons. The maximum absolute atomic E-state index is 14.2. The van der Waals surface area contributed by atoms with E-state index in [9.17, 15) is 9.59 Å². The van der Waals surface area contributed by atoms with Crippen LogP contribution in [0.2, 0.25) is 0 Å². The van der Waals surface area contributed by atoms with Crippen molar-refractivity contribution in [1.82, 2.24) is 14.7 Å². The van der Waals surface area contributed by atoms with Crippen LogP contribution in [0.4, 0.5) is 0 Å². The van der Waals surface area contributed by atoms with Gasteiger partial charge in [0.05, 0.1) is 17.8 Å². The minimum Gasteiger partial charge on any atom is -0.463 e. The summed E-state index contributed by atoms with van der Waals surface area (Å²) in [6, 6.07) is 0.995. The smallest absolute Gasteiger partial charge is 0.319 e. The molecule has 0 aromatic carbocycles. The Morgan fingerprint density at radius 1 is 1.00 bits per heavy atom. The summed E-state index contributed by atoms with van der Waals surface area (Å²) >= 11 is 0. The summed E-state index contributed by atoms with van der Waals surface area (Å²) in [7, 11) is 10.5. The summed E-state index contributed by atoms with van der Waals surface area (Å²) in [5.41, 5.74) is -1.99. The molecule has 0 bridgehead atoms. The van der Waals surface area contributed by atoms with Gasteiger partial charge in [0.15, 0.2) is 12.1 Å². The molecule has 5 aliphatic rings. The quantitative estimate of drug-likeness (QED) is 0.323. The molecule has 9 nitrogen and oxygen atoms in total. The van der Waals surface area contributed by atoms with Crippen LogP contribution in [0.1, 0.15) is 79.6 Å². The highest BCUT2D eigenvalue weighted by Crippen LogP contribution is 2.49. The summed E-state index contributed by atoms with van der Waals surface area (Å²) < 4.78 is 25.8. The van der Waals surface area contributed by atoms with Crippen molar-refractivity contribution < 1.29 is 28.5 Å². The van der Waals surface area contributed by atoms with Crippen molar-refractivity contribution in [2.45, 2.75) is 122 Å². The first-order chi connectivity index (χ1) is 20.7. The first kappa shape index (κ1) is 34.2. The van der Waals surface area contributed by atoms with E-state index in [0.29, 0.717) is 18.6 Å². The largest absolute Gasteiger partial charge is 0.463 e. The van der Waals surface area contributed by atoms with Gasteiger partial charge in [-0.2, -0.15) is 0 Å². The molecule has 2 aliphatic carbocycles. The van der Waals surface area contributed by atoms with Crippen molar-refractivity contribution in [1.29, 1.82) is 0 Å². The van der Waals surface area contributed by atoms with Crippen LogP contribution >= 0.6 is 0 Å². The number of carbonyl (C=O) groups excluding carboxylic acids is 2. The Bertz CT molecular complexity index is 1030. The number of esters is 1. The molecule has 44 heavy (non-hydrogen) atoms. The molecule has 252 valence electrons. The molecule has 0 aromatic heterocycles. The van der Waals surface area contributed by atoms with Crippen LogP contribution in [0.25, 0.3) is 0 Å². The fourth-order valence-electron chi connectivity index (χ4n) is 9.09. The monoisotopic (exact) mass is 619 g/mol. The molecule has 0 aromatic rings. The highest BCUT2D eigenvalue weighted by molar-refractivity contribution is 6.04. The van der Waals surface area contributed by atoms with E-state index in [1.165, 1.54) is 19.4 Å². The second-order valence-corrected chi connectivity index (χ2v) is 16.2. The van der Waals surface area contributed by atoms with Crippen LogP contribution in [0, 0.1) is 35.0 Å². The van der Waals surface area contributed by atoms with E-state index < -0.39 is 35.3 Å². The zero-order valence-corrected chi connectivity index (χ0v) is 29.2. The van der Waals surface area contributed by atoms with Gasteiger partial charge in [-0.25, -0.2) is 0 Å². The Kier molecular flexibility index (Phi) is 10.3. The minimum atomic E-state index is -1.30. The molecular formula is C35H61N3O6. The van der Waals surface area contributed by atoms with Gasteiger partial charge in [-0.15, -0.1) is 0 Å². The Morgan fingerprint density at radius 3 is 2.30 bits per heavy atom. The van der Waals surface area contributed by atoms with Gasteiger partial charge in [0, 0.05) is 50.2 Å².